The largest absolute Gasteiger partial charge is 0.342 e. The number of aromatic amines is 1. The van der Waals surface area contributed by atoms with Gasteiger partial charge >= 0.3 is 0 Å². The highest BCUT2D eigenvalue weighted by atomic mass is 32.2. The number of imidazole rings is 1. The Morgan fingerprint density at radius 1 is 1.00 bits per heavy atom. The van der Waals surface area contributed by atoms with Crippen LogP contribution in [0.1, 0.15) is 25.7 Å². The highest BCUT2D eigenvalue weighted by Crippen LogP contribution is 2.28. The van der Waals surface area contributed by atoms with Gasteiger partial charge in [0.15, 0.2) is 0 Å². The van der Waals surface area contributed by atoms with Crippen molar-refractivity contribution in [1.82, 2.24) is 19.2 Å². The monoisotopic (exact) mass is 438 g/mol. The number of likely N-dealkylation sites (tertiary alicyclic amines) is 1. The van der Waals surface area contributed by atoms with Gasteiger partial charge in [-0.25, -0.2) is 13.4 Å². The van der Waals surface area contributed by atoms with Crippen molar-refractivity contribution in [2.24, 2.45) is 5.92 Å². The fraction of sp³-hybridized carbons (Fsp3) is 0.391. The molecule has 0 saturated carbocycles. The zero-order valence-corrected chi connectivity index (χ0v) is 18.1. The number of fused-ring (bicyclic) bond motifs is 1. The normalized spacial score (nSPS) is 20.4. The molecule has 2 fully saturated rings. The minimum Gasteiger partial charge on any atom is -0.342 e. The van der Waals surface area contributed by atoms with E-state index in [1.54, 1.807) is 18.2 Å². The molecule has 1 amide bonds. The Bertz CT molecular complexity index is 1200. The fourth-order valence-electron chi connectivity index (χ4n) is 4.59. The maximum atomic E-state index is 13.4. The van der Waals surface area contributed by atoms with Gasteiger partial charge in [-0.1, -0.05) is 30.3 Å². The van der Waals surface area contributed by atoms with E-state index < -0.39 is 10.0 Å². The van der Waals surface area contributed by atoms with Crippen LogP contribution in [0.15, 0.2) is 53.4 Å². The second-order valence-electron chi connectivity index (χ2n) is 8.36. The minimum atomic E-state index is -3.68. The number of carbonyl (C=O) groups is 1. The fourth-order valence-corrected chi connectivity index (χ4v) is 6.14. The average Bonchev–Trinajstić information content (AvgIpc) is 3.49. The maximum absolute atomic E-state index is 13.4. The number of nitrogens with one attached hydrogen (secondary N) is 1. The number of sulfonamides is 1. The third-order valence-corrected chi connectivity index (χ3v) is 8.15. The van der Waals surface area contributed by atoms with E-state index in [4.69, 9.17) is 0 Å². The van der Waals surface area contributed by atoms with E-state index in [1.165, 1.54) is 4.31 Å². The summed E-state index contributed by atoms with van der Waals surface area (Å²) in [6.07, 6.45) is 3.53. The first kappa shape index (κ1) is 20.2. The van der Waals surface area contributed by atoms with Gasteiger partial charge in [0.1, 0.15) is 5.82 Å². The SMILES string of the molecule is O=C([C@H]1CCCN(S(=O)(=O)c2ccc3nc(-c4ccccc4)[nH]c3c2)C1)N1CCCC1. The van der Waals surface area contributed by atoms with Crippen LogP contribution in [0.4, 0.5) is 0 Å². The van der Waals surface area contributed by atoms with E-state index >= 15 is 0 Å². The van der Waals surface area contributed by atoms with E-state index in [9.17, 15) is 13.2 Å². The molecule has 2 aliphatic rings. The number of H-pyrrole nitrogens is 1. The molecule has 3 aromatic rings. The lowest BCUT2D eigenvalue weighted by Crippen LogP contribution is -2.46. The first-order valence-corrected chi connectivity index (χ1v) is 12.3. The summed E-state index contributed by atoms with van der Waals surface area (Å²) in [7, 11) is -3.68. The maximum Gasteiger partial charge on any atom is 0.243 e. The molecule has 0 bridgehead atoms. The van der Waals surface area contributed by atoms with Crippen LogP contribution in [-0.2, 0) is 14.8 Å². The van der Waals surface area contributed by atoms with E-state index in [0.717, 1.165) is 43.4 Å². The number of hydrogen-bond donors (Lipinski definition) is 1. The van der Waals surface area contributed by atoms with Gasteiger partial charge < -0.3 is 9.88 Å². The van der Waals surface area contributed by atoms with Gasteiger partial charge in [-0.2, -0.15) is 4.31 Å². The van der Waals surface area contributed by atoms with Crippen molar-refractivity contribution < 1.29 is 13.2 Å². The molecule has 8 heteroatoms. The first-order valence-electron chi connectivity index (χ1n) is 10.9. The van der Waals surface area contributed by atoms with Gasteiger partial charge in [0.25, 0.3) is 0 Å². The molecule has 2 saturated heterocycles. The van der Waals surface area contributed by atoms with Gasteiger partial charge in [-0.3, -0.25) is 4.79 Å². The summed E-state index contributed by atoms with van der Waals surface area (Å²) in [4.78, 5) is 22.8. The molecule has 5 rings (SSSR count). The van der Waals surface area contributed by atoms with Crippen LogP contribution in [0.3, 0.4) is 0 Å². The Balaban J connectivity index is 1.39. The summed E-state index contributed by atoms with van der Waals surface area (Å²) < 4.78 is 28.2. The number of aromatic nitrogens is 2. The Labute approximate surface area is 182 Å². The van der Waals surface area contributed by atoms with Crippen molar-refractivity contribution in [3.05, 3.63) is 48.5 Å². The lowest BCUT2D eigenvalue weighted by atomic mass is 9.98. The molecule has 1 aromatic heterocycles. The smallest absolute Gasteiger partial charge is 0.243 e. The van der Waals surface area contributed by atoms with Crippen LogP contribution in [0.2, 0.25) is 0 Å². The second kappa shape index (κ2) is 8.09. The molecule has 162 valence electrons. The molecule has 2 aromatic carbocycles. The number of benzene rings is 2. The van der Waals surface area contributed by atoms with Crippen molar-refractivity contribution in [2.75, 3.05) is 26.2 Å². The highest BCUT2D eigenvalue weighted by Gasteiger charge is 2.35. The van der Waals surface area contributed by atoms with E-state index in [1.807, 2.05) is 35.2 Å². The number of piperidine rings is 1. The standard InChI is InChI=1S/C23H26N4O3S/c28-23(26-12-4-5-13-26)18-9-6-14-27(16-18)31(29,30)19-10-11-20-21(15-19)25-22(24-20)17-7-2-1-3-8-17/h1-3,7-8,10-11,15,18H,4-6,9,12-14,16H2,(H,24,25)/t18-/m0/s1. The Morgan fingerprint density at radius 3 is 2.55 bits per heavy atom. The number of carbonyl (C=O) groups excluding carboxylic acids is 1. The molecule has 1 N–H and O–H groups in total. The molecule has 7 nitrogen and oxygen atoms in total. The lowest BCUT2D eigenvalue weighted by molar-refractivity contribution is -0.135. The van der Waals surface area contributed by atoms with Crippen molar-refractivity contribution >= 4 is 27.0 Å². The molecular formula is C23H26N4O3S. The van der Waals surface area contributed by atoms with Crippen LogP contribution in [0.5, 0.6) is 0 Å². The molecule has 0 radical (unpaired) electrons. The van der Waals surface area contributed by atoms with Crippen LogP contribution < -0.4 is 0 Å². The summed E-state index contributed by atoms with van der Waals surface area (Å²) in [6.45, 7) is 2.29. The van der Waals surface area contributed by atoms with Crippen molar-refractivity contribution in [3.63, 3.8) is 0 Å². The van der Waals surface area contributed by atoms with Gasteiger partial charge in [0.05, 0.1) is 21.8 Å². The Kier molecular flexibility index (Phi) is 5.27. The Morgan fingerprint density at radius 2 is 1.77 bits per heavy atom. The summed E-state index contributed by atoms with van der Waals surface area (Å²) in [5.74, 6) is 0.565. The zero-order chi connectivity index (χ0) is 21.4. The van der Waals surface area contributed by atoms with E-state index in [2.05, 4.69) is 9.97 Å². The quantitative estimate of drug-likeness (QED) is 0.677. The van der Waals surface area contributed by atoms with Crippen molar-refractivity contribution in [1.29, 1.82) is 0 Å². The third kappa shape index (κ3) is 3.85. The number of rotatable bonds is 4. The topological polar surface area (TPSA) is 86.4 Å². The van der Waals surface area contributed by atoms with E-state index in [0.29, 0.717) is 24.3 Å². The molecule has 3 heterocycles. The highest BCUT2D eigenvalue weighted by molar-refractivity contribution is 7.89. The Hall–Kier alpha value is -2.71. The molecule has 0 spiro atoms. The predicted molar refractivity (Wildman–Crippen MR) is 119 cm³/mol. The first-order chi connectivity index (χ1) is 15.0. The van der Waals surface area contributed by atoms with Gasteiger partial charge in [0, 0.05) is 31.7 Å². The van der Waals surface area contributed by atoms with Gasteiger partial charge in [-0.05, 0) is 43.9 Å². The minimum absolute atomic E-state index is 0.105. The molecular weight excluding hydrogens is 412 g/mol. The van der Waals surface area contributed by atoms with Crippen LogP contribution in [-0.4, -0.2) is 59.7 Å². The number of amides is 1. The third-order valence-electron chi connectivity index (χ3n) is 6.29. The average molecular weight is 439 g/mol. The lowest BCUT2D eigenvalue weighted by Gasteiger charge is -2.33. The molecule has 1 atom stereocenters. The zero-order valence-electron chi connectivity index (χ0n) is 17.3. The summed E-state index contributed by atoms with van der Waals surface area (Å²) >= 11 is 0. The molecule has 0 unspecified atom stereocenters. The summed E-state index contributed by atoms with van der Waals surface area (Å²) in [5.41, 5.74) is 2.35. The van der Waals surface area contributed by atoms with Crippen LogP contribution >= 0.6 is 0 Å². The van der Waals surface area contributed by atoms with Gasteiger partial charge in [-0.15, -0.1) is 0 Å². The summed E-state index contributed by atoms with van der Waals surface area (Å²) in [6, 6.07) is 14.7. The van der Waals surface area contributed by atoms with E-state index in [-0.39, 0.29) is 23.3 Å². The summed E-state index contributed by atoms with van der Waals surface area (Å²) in [5, 5.41) is 0. The predicted octanol–water partition coefficient (Wildman–Crippen LogP) is 3.25. The van der Waals surface area contributed by atoms with Crippen LogP contribution in [0, 0.1) is 5.92 Å². The van der Waals surface area contributed by atoms with Crippen molar-refractivity contribution in [3.8, 4) is 11.4 Å². The molecule has 0 aliphatic carbocycles. The number of hydrogen-bond acceptors (Lipinski definition) is 4. The van der Waals surface area contributed by atoms with Gasteiger partial charge in [0.2, 0.25) is 15.9 Å². The second-order valence-corrected chi connectivity index (χ2v) is 10.3. The molecule has 2 aliphatic heterocycles. The number of nitrogens with zero attached hydrogens (tertiary/aromatic N) is 3. The molecule has 31 heavy (non-hydrogen) atoms. The van der Waals surface area contributed by atoms with Crippen molar-refractivity contribution in [2.45, 2.75) is 30.6 Å². The van der Waals surface area contributed by atoms with Crippen LogP contribution in [0.25, 0.3) is 22.4 Å².